The van der Waals surface area contributed by atoms with Gasteiger partial charge in [-0.05, 0) is 37.7 Å². The van der Waals surface area contributed by atoms with Crippen molar-refractivity contribution in [1.29, 1.82) is 0 Å². The highest BCUT2D eigenvalue weighted by molar-refractivity contribution is 6.31. The van der Waals surface area contributed by atoms with Gasteiger partial charge in [0.1, 0.15) is 0 Å². The molecule has 3 nitrogen and oxygen atoms in total. The second-order valence-electron chi connectivity index (χ2n) is 4.93. The van der Waals surface area contributed by atoms with E-state index in [9.17, 15) is 0 Å². The van der Waals surface area contributed by atoms with Crippen molar-refractivity contribution in [3.8, 4) is 0 Å². The third-order valence-electron chi connectivity index (χ3n) is 3.41. The highest BCUT2D eigenvalue weighted by Crippen LogP contribution is 2.22. The van der Waals surface area contributed by atoms with Crippen molar-refractivity contribution in [3.05, 3.63) is 28.8 Å². The molecule has 0 saturated carbocycles. The maximum Gasteiger partial charge on any atom is 0.0452 e. The third kappa shape index (κ3) is 3.12. The van der Waals surface area contributed by atoms with E-state index in [4.69, 9.17) is 17.3 Å². The fourth-order valence-electron chi connectivity index (χ4n) is 2.35. The second kappa shape index (κ2) is 5.25. The molecule has 4 heteroatoms. The quantitative estimate of drug-likeness (QED) is 0.819. The third-order valence-corrected chi connectivity index (χ3v) is 3.78. The summed E-state index contributed by atoms with van der Waals surface area (Å²) in [6, 6.07) is 6.27. The Morgan fingerprint density at radius 2 is 2.18 bits per heavy atom. The molecule has 1 unspecified atom stereocenters. The molecule has 0 amide bonds. The van der Waals surface area contributed by atoms with Gasteiger partial charge in [0.15, 0.2) is 0 Å². The largest absolute Gasteiger partial charge is 0.399 e. The number of nitrogens with zero attached hydrogens (tertiary/aromatic N) is 2. The molecule has 1 aromatic carbocycles. The molecule has 1 aromatic rings. The van der Waals surface area contributed by atoms with Crippen LogP contribution < -0.4 is 5.73 Å². The Balaban J connectivity index is 2.07. The molecule has 1 heterocycles. The summed E-state index contributed by atoms with van der Waals surface area (Å²) in [5.41, 5.74) is 7.72. The van der Waals surface area contributed by atoms with Crippen molar-refractivity contribution in [2.45, 2.75) is 19.5 Å². The van der Waals surface area contributed by atoms with Gasteiger partial charge in [-0.3, -0.25) is 4.90 Å². The summed E-state index contributed by atoms with van der Waals surface area (Å²) < 4.78 is 0. The molecule has 1 saturated heterocycles. The van der Waals surface area contributed by atoms with Crippen molar-refractivity contribution in [3.63, 3.8) is 0 Å². The molecule has 0 spiro atoms. The Kier molecular flexibility index (Phi) is 3.92. The molecule has 1 fully saturated rings. The predicted octanol–water partition coefficient (Wildman–Crippen LogP) is 2.06. The number of hydrogen-bond donors (Lipinski definition) is 1. The second-order valence-corrected chi connectivity index (χ2v) is 5.34. The fourth-order valence-corrected chi connectivity index (χ4v) is 2.52. The lowest BCUT2D eigenvalue weighted by Crippen LogP contribution is -2.49. The van der Waals surface area contributed by atoms with E-state index in [0.717, 1.165) is 42.5 Å². The summed E-state index contributed by atoms with van der Waals surface area (Å²) in [7, 11) is 2.17. The van der Waals surface area contributed by atoms with Crippen LogP contribution in [0.25, 0.3) is 0 Å². The number of halogens is 1. The molecular formula is C13H20ClN3. The lowest BCUT2D eigenvalue weighted by molar-refractivity contribution is 0.0939. The Bertz CT molecular complexity index is 394. The molecule has 2 N–H and O–H groups in total. The molecule has 0 aliphatic carbocycles. The maximum absolute atomic E-state index is 6.20. The van der Waals surface area contributed by atoms with E-state index in [1.807, 2.05) is 18.2 Å². The summed E-state index contributed by atoms with van der Waals surface area (Å²) in [6.07, 6.45) is 0. The number of nitrogens with two attached hydrogens (primary N) is 1. The predicted molar refractivity (Wildman–Crippen MR) is 73.2 cm³/mol. The lowest BCUT2D eigenvalue weighted by atomic mass is 10.1. The first-order valence-electron chi connectivity index (χ1n) is 6.03. The van der Waals surface area contributed by atoms with Crippen LogP contribution >= 0.6 is 11.6 Å². The highest BCUT2D eigenvalue weighted by atomic mass is 35.5. The first kappa shape index (κ1) is 12.7. The van der Waals surface area contributed by atoms with E-state index < -0.39 is 0 Å². The van der Waals surface area contributed by atoms with Gasteiger partial charge in [0.05, 0.1) is 0 Å². The summed E-state index contributed by atoms with van der Waals surface area (Å²) in [6.45, 7) is 6.46. The average molecular weight is 254 g/mol. The van der Waals surface area contributed by atoms with Gasteiger partial charge in [-0.2, -0.15) is 0 Å². The Morgan fingerprint density at radius 3 is 2.88 bits per heavy atom. The fraction of sp³-hybridized carbons (Fsp3) is 0.538. The van der Waals surface area contributed by atoms with E-state index in [1.54, 1.807) is 0 Å². The monoisotopic (exact) mass is 253 g/mol. The van der Waals surface area contributed by atoms with Crippen LogP contribution in [0.5, 0.6) is 0 Å². The molecule has 1 atom stereocenters. The Labute approximate surface area is 108 Å². The smallest absolute Gasteiger partial charge is 0.0452 e. The Morgan fingerprint density at radius 1 is 1.41 bits per heavy atom. The van der Waals surface area contributed by atoms with Gasteiger partial charge in [-0.25, -0.2) is 0 Å². The molecule has 94 valence electrons. The summed E-state index contributed by atoms with van der Waals surface area (Å²) >= 11 is 6.20. The van der Waals surface area contributed by atoms with Crippen molar-refractivity contribution in [2.75, 3.05) is 32.4 Å². The summed E-state index contributed by atoms with van der Waals surface area (Å²) in [5.74, 6) is 0. The van der Waals surface area contributed by atoms with Gasteiger partial charge in [-0.15, -0.1) is 0 Å². The van der Waals surface area contributed by atoms with E-state index in [1.165, 1.54) is 0 Å². The number of likely N-dealkylation sites (N-methyl/N-ethyl adjacent to an activating group) is 1. The van der Waals surface area contributed by atoms with Gasteiger partial charge in [0, 0.05) is 42.9 Å². The average Bonchev–Trinajstić information content (AvgIpc) is 2.27. The summed E-state index contributed by atoms with van der Waals surface area (Å²) in [5, 5.41) is 0.810. The van der Waals surface area contributed by atoms with Crippen LogP contribution in [-0.4, -0.2) is 42.5 Å². The molecule has 1 aliphatic rings. The number of nitrogen functional groups attached to an aromatic ring is 1. The Hall–Kier alpha value is -0.770. The number of benzene rings is 1. The van der Waals surface area contributed by atoms with E-state index >= 15 is 0 Å². The zero-order valence-corrected chi connectivity index (χ0v) is 11.2. The number of piperazine rings is 1. The van der Waals surface area contributed by atoms with Gasteiger partial charge in [0.25, 0.3) is 0 Å². The van der Waals surface area contributed by atoms with Crippen LogP contribution in [0.2, 0.25) is 5.02 Å². The van der Waals surface area contributed by atoms with Crippen LogP contribution in [-0.2, 0) is 6.54 Å². The molecule has 0 bridgehead atoms. The lowest BCUT2D eigenvalue weighted by Gasteiger charge is -2.38. The number of anilines is 1. The zero-order chi connectivity index (χ0) is 12.4. The number of hydrogen-bond acceptors (Lipinski definition) is 3. The summed E-state index contributed by atoms with van der Waals surface area (Å²) in [4.78, 5) is 4.82. The number of rotatable bonds is 2. The first-order valence-corrected chi connectivity index (χ1v) is 6.40. The van der Waals surface area contributed by atoms with E-state index in [0.29, 0.717) is 6.04 Å². The molecule has 17 heavy (non-hydrogen) atoms. The zero-order valence-electron chi connectivity index (χ0n) is 10.5. The van der Waals surface area contributed by atoms with Crippen LogP contribution in [0, 0.1) is 0 Å². The normalized spacial score (nSPS) is 22.9. The minimum absolute atomic E-state index is 0.561. The van der Waals surface area contributed by atoms with E-state index in [-0.39, 0.29) is 0 Å². The van der Waals surface area contributed by atoms with Gasteiger partial charge < -0.3 is 10.6 Å². The highest BCUT2D eigenvalue weighted by Gasteiger charge is 2.21. The molecule has 1 aliphatic heterocycles. The van der Waals surface area contributed by atoms with Gasteiger partial charge >= 0.3 is 0 Å². The van der Waals surface area contributed by atoms with Crippen LogP contribution in [0.1, 0.15) is 12.5 Å². The first-order chi connectivity index (χ1) is 8.06. The molecule has 0 aromatic heterocycles. The maximum atomic E-state index is 6.20. The van der Waals surface area contributed by atoms with Crippen molar-refractivity contribution >= 4 is 17.3 Å². The molecule has 2 rings (SSSR count). The van der Waals surface area contributed by atoms with Gasteiger partial charge in [-0.1, -0.05) is 11.6 Å². The van der Waals surface area contributed by atoms with Crippen LogP contribution in [0.3, 0.4) is 0 Å². The topological polar surface area (TPSA) is 32.5 Å². The van der Waals surface area contributed by atoms with Crippen LogP contribution in [0.4, 0.5) is 5.69 Å². The van der Waals surface area contributed by atoms with Crippen molar-refractivity contribution in [1.82, 2.24) is 9.80 Å². The van der Waals surface area contributed by atoms with Crippen LogP contribution in [0.15, 0.2) is 18.2 Å². The van der Waals surface area contributed by atoms with Crippen molar-refractivity contribution in [2.24, 2.45) is 0 Å². The minimum Gasteiger partial charge on any atom is -0.399 e. The van der Waals surface area contributed by atoms with Crippen molar-refractivity contribution < 1.29 is 0 Å². The standard InChI is InChI=1S/C13H20ClN3/c1-10-8-16(2)5-6-17(10)9-11-7-12(15)3-4-13(11)14/h3-4,7,10H,5-6,8-9,15H2,1-2H3. The SMILES string of the molecule is CC1CN(C)CCN1Cc1cc(N)ccc1Cl. The van der Waals surface area contributed by atoms with E-state index in [2.05, 4.69) is 23.8 Å². The van der Waals surface area contributed by atoms with Gasteiger partial charge in [0.2, 0.25) is 0 Å². The molecule has 0 radical (unpaired) electrons. The molecular weight excluding hydrogens is 234 g/mol. The minimum atomic E-state index is 0.561.